The molecule has 0 bridgehead atoms. The second-order valence-corrected chi connectivity index (χ2v) is 4.21. The van der Waals surface area contributed by atoms with E-state index in [1.807, 2.05) is 66.7 Å². The first kappa shape index (κ1) is 21.1. The number of halogens is 2. The van der Waals surface area contributed by atoms with Crippen molar-refractivity contribution in [3.8, 4) is 16.9 Å². The molecular weight excluding hydrogens is 294 g/mol. The van der Waals surface area contributed by atoms with Gasteiger partial charge in [-0.05, 0) is 36.2 Å². The lowest BCUT2D eigenvalue weighted by molar-refractivity contribution is 0.301. The zero-order valence-electron chi connectivity index (χ0n) is 15.3. The third-order valence-electron chi connectivity index (χ3n) is 2.96. The molecule has 1 aliphatic heterocycles. The molecule has 0 atom stereocenters. The van der Waals surface area contributed by atoms with Gasteiger partial charge < -0.3 is 4.74 Å². The van der Waals surface area contributed by atoms with Gasteiger partial charge in [-0.15, -0.1) is 0 Å². The quantitative estimate of drug-likeness (QED) is 0.512. The van der Waals surface area contributed by atoms with E-state index in [1.165, 1.54) is 12.1 Å². The van der Waals surface area contributed by atoms with Gasteiger partial charge in [-0.25, -0.2) is 8.78 Å². The van der Waals surface area contributed by atoms with Crippen molar-refractivity contribution in [2.75, 3.05) is 0 Å². The SMILES string of the molecule is CC.CC.CC.Cc1ccc2c(c1)OCc1cc(F)c(F)cc1-2. The van der Waals surface area contributed by atoms with Crippen molar-refractivity contribution in [3.63, 3.8) is 0 Å². The first-order valence-corrected chi connectivity index (χ1v) is 8.37. The average Bonchev–Trinajstić information content (AvgIpc) is 2.61. The number of hydrogen-bond donors (Lipinski definition) is 0. The highest BCUT2D eigenvalue weighted by atomic mass is 19.2. The summed E-state index contributed by atoms with van der Waals surface area (Å²) < 4.78 is 31.9. The molecule has 0 saturated carbocycles. The monoisotopic (exact) mass is 322 g/mol. The Balaban J connectivity index is 0.000000728. The summed E-state index contributed by atoms with van der Waals surface area (Å²) in [5, 5.41) is 0. The van der Waals surface area contributed by atoms with Crippen LogP contribution in [0, 0.1) is 18.6 Å². The minimum Gasteiger partial charge on any atom is -0.488 e. The molecule has 0 spiro atoms. The van der Waals surface area contributed by atoms with Crippen LogP contribution in [0.1, 0.15) is 52.7 Å². The molecule has 0 aliphatic carbocycles. The molecule has 3 heteroatoms. The number of benzene rings is 2. The van der Waals surface area contributed by atoms with Crippen LogP contribution in [-0.2, 0) is 6.61 Å². The Kier molecular flexibility index (Phi) is 9.87. The second kappa shape index (κ2) is 10.8. The van der Waals surface area contributed by atoms with Gasteiger partial charge in [0.1, 0.15) is 12.4 Å². The first-order chi connectivity index (χ1) is 11.1. The van der Waals surface area contributed by atoms with E-state index in [1.54, 1.807) is 0 Å². The normalized spacial score (nSPS) is 10.1. The van der Waals surface area contributed by atoms with E-state index in [2.05, 4.69) is 0 Å². The summed E-state index contributed by atoms with van der Waals surface area (Å²) in [4.78, 5) is 0. The van der Waals surface area contributed by atoms with Crippen molar-refractivity contribution in [1.82, 2.24) is 0 Å². The smallest absolute Gasteiger partial charge is 0.159 e. The van der Waals surface area contributed by atoms with Crippen LogP contribution in [0.3, 0.4) is 0 Å². The lowest BCUT2D eigenvalue weighted by Crippen LogP contribution is -2.07. The molecule has 0 fully saturated rings. The molecule has 3 rings (SSSR count). The van der Waals surface area contributed by atoms with Crippen molar-refractivity contribution in [3.05, 3.63) is 53.1 Å². The van der Waals surface area contributed by atoms with Gasteiger partial charge in [-0.3, -0.25) is 0 Å². The Hall–Kier alpha value is -1.90. The molecule has 0 aromatic heterocycles. The lowest BCUT2D eigenvalue weighted by Gasteiger charge is -2.21. The molecule has 1 heterocycles. The summed E-state index contributed by atoms with van der Waals surface area (Å²) >= 11 is 0. The molecule has 0 radical (unpaired) electrons. The zero-order valence-corrected chi connectivity index (χ0v) is 15.3. The van der Waals surface area contributed by atoms with Crippen LogP contribution in [-0.4, -0.2) is 0 Å². The van der Waals surface area contributed by atoms with Crippen LogP contribution in [0.5, 0.6) is 5.75 Å². The lowest BCUT2D eigenvalue weighted by atomic mass is 9.96. The van der Waals surface area contributed by atoms with Gasteiger partial charge in [0, 0.05) is 11.1 Å². The van der Waals surface area contributed by atoms with E-state index in [4.69, 9.17) is 4.74 Å². The number of ether oxygens (including phenoxy) is 1. The van der Waals surface area contributed by atoms with Crippen molar-refractivity contribution in [2.45, 2.75) is 55.1 Å². The summed E-state index contributed by atoms with van der Waals surface area (Å²) in [5.74, 6) is -0.927. The van der Waals surface area contributed by atoms with Crippen molar-refractivity contribution in [2.24, 2.45) is 0 Å². The van der Waals surface area contributed by atoms with Crippen molar-refractivity contribution in [1.29, 1.82) is 0 Å². The van der Waals surface area contributed by atoms with Gasteiger partial charge in [0.05, 0.1) is 0 Å². The third-order valence-corrected chi connectivity index (χ3v) is 2.96. The average molecular weight is 322 g/mol. The second-order valence-electron chi connectivity index (χ2n) is 4.21. The Bertz CT molecular complexity index is 607. The first-order valence-electron chi connectivity index (χ1n) is 8.37. The van der Waals surface area contributed by atoms with E-state index < -0.39 is 11.6 Å². The Morgan fingerprint density at radius 3 is 1.96 bits per heavy atom. The Labute approximate surface area is 139 Å². The van der Waals surface area contributed by atoms with Crippen LogP contribution >= 0.6 is 0 Å². The van der Waals surface area contributed by atoms with E-state index in [0.29, 0.717) is 11.1 Å². The molecule has 0 unspecified atom stereocenters. The molecule has 0 amide bonds. The molecule has 0 N–H and O–H groups in total. The molecule has 1 nitrogen and oxygen atoms in total. The Morgan fingerprint density at radius 1 is 0.783 bits per heavy atom. The highest BCUT2D eigenvalue weighted by Crippen LogP contribution is 2.38. The molecule has 1 aliphatic rings. The van der Waals surface area contributed by atoms with Gasteiger partial charge in [-0.2, -0.15) is 0 Å². The van der Waals surface area contributed by atoms with Crippen LogP contribution < -0.4 is 4.74 Å². The maximum atomic E-state index is 13.3. The molecule has 23 heavy (non-hydrogen) atoms. The predicted molar refractivity (Wildman–Crippen MR) is 94.9 cm³/mol. The van der Waals surface area contributed by atoms with Gasteiger partial charge >= 0.3 is 0 Å². The highest BCUT2D eigenvalue weighted by Gasteiger charge is 2.19. The van der Waals surface area contributed by atoms with E-state index in [-0.39, 0.29) is 6.61 Å². The number of aryl methyl sites for hydroxylation is 1. The van der Waals surface area contributed by atoms with E-state index >= 15 is 0 Å². The molecule has 0 saturated heterocycles. The van der Waals surface area contributed by atoms with Gasteiger partial charge in [0.2, 0.25) is 0 Å². The van der Waals surface area contributed by atoms with Gasteiger partial charge in [-0.1, -0.05) is 53.7 Å². The summed E-state index contributed by atoms with van der Waals surface area (Å²) in [6.45, 7) is 14.2. The van der Waals surface area contributed by atoms with E-state index in [9.17, 15) is 8.78 Å². The van der Waals surface area contributed by atoms with Crippen molar-refractivity contribution >= 4 is 0 Å². The minimum absolute atomic E-state index is 0.281. The fraction of sp³-hybridized carbons (Fsp3) is 0.400. The zero-order chi connectivity index (χ0) is 18.0. The third kappa shape index (κ3) is 5.05. The van der Waals surface area contributed by atoms with Crippen LogP contribution in [0.2, 0.25) is 0 Å². The van der Waals surface area contributed by atoms with Gasteiger partial charge in [0.25, 0.3) is 0 Å². The largest absolute Gasteiger partial charge is 0.488 e. The topological polar surface area (TPSA) is 9.23 Å². The minimum atomic E-state index is -0.831. The summed E-state index contributed by atoms with van der Waals surface area (Å²) in [6.07, 6.45) is 0. The summed E-state index contributed by atoms with van der Waals surface area (Å²) in [7, 11) is 0. The van der Waals surface area contributed by atoms with E-state index in [0.717, 1.165) is 16.9 Å². The maximum Gasteiger partial charge on any atom is 0.159 e. The van der Waals surface area contributed by atoms with Crippen LogP contribution in [0.25, 0.3) is 11.1 Å². The fourth-order valence-corrected chi connectivity index (χ4v) is 2.09. The summed E-state index contributed by atoms with van der Waals surface area (Å²) in [6, 6.07) is 8.15. The molecular formula is C20H28F2O. The predicted octanol–water partition coefficient (Wildman–Crippen LogP) is 6.91. The standard InChI is InChI=1S/C14H10F2O.3C2H6/c1-8-2-3-10-11-6-13(16)12(15)5-9(11)7-17-14(10)4-8;3*1-2/h2-6H,7H2,1H3;3*1-2H3. The number of rotatable bonds is 0. The Morgan fingerprint density at radius 2 is 1.35 bits per heavy atom. The fourth-order valence-electron chi connectivity index (χ4n) is 2.09. The number of hydrogen-bond acceptors (Lipinski definition) is 1. The summed E-state index contributed by atoms with van der Waals surface area (Å²) in [5.41, 5.74) is 3.29. The van der Waals surface area contributed by atoms with Crippen LogP contribution in [0.4, 0.5) is 8.78 Å². The highest BCUT2D eigenvalue weighted by molar-refractivity contribution is 5.75. The molecule has 128 valence electrons. The molecule has 2 aromatic carbocycles. The number of fused-ring (bicyclic) bond motifs is 3. The van der Waals surface area contributed by atoms with Crippen molar-refractivity contribution < 1.29 is 13.5 Å². The molecule has 2 aromatic rings. The van der Waals surface area contributed by atoms with Gasteiger partial charge in [0.15, 0.2) is 11.6 Å². The maximum absolute atomic E-state index is 13.3. The van der Waals surface area contributed by atoms with Crippen LogP contribution in [0.15, 0.2) is 30.3 Å².